The van der Waals surface area contributed by atoms with Crippen molar-refractivity contribution in [3.8, 4) is 0 Å². The van der Waals surface area contributed by atoms with Crippen LogP contribution in [0.5, 0.6) is 0 Å². The van der Waals surface area contributed by atoms with Crippen LogP contribution in [0.15, 0.2) is 24.5 Å². The van der Waals surface area contributed by atoms with Crippen molar-refractivity contribution in [2.24, 2.45) is 0 Å². The molecule has 0 fully saturated rings. The summed E-state index contributed by atoms with van der Waals surface area (Å²) in [4.78, 5) is 16.6. The van der Waals surface area contributed by atoms with Crippen molar-refractivity contribution in [3.63, 3.8) is 0 Å². The van der Waals surface area contributed by atoms with Crippen LogP contribution in [0, 0.1) is 0 Å². The fourth-order valence-corrected chi connectivity index (χ4v) is 1.86. The zero-order valence-corrected chi connectivity index (χ0v) is 10.2. The lowest BCUT2D eigenvalue weighted by Crippen LogP contribution is -2.12. The summed E-state index contributed by atoms with van der Waals surface area (Å²) in [5.74, 6) is 0.977. The Morgan fingerprint density at radius 3 is 2.47 bits per heavy atom. The van der Waals surface area contributed by atoms with Gasteiger partial charge in [-0.2, -0.15) is 0 Å². The highest BCUT2D eigenvalue weighted by molar-refractivity contribution is 5.99. The van der Waals surface area contributed by atoms with Gasteiger partial charge in [0.25, 0.3) is 0 Å². The van der Waals surface area contributed by atoms with E-state index in [9.17, 15) is 0 Å². The van der Waals surface area contributed by atoms with Gasteiger partial charge in [0.1, 0.15) is 11.3 Å². The lowest BCUT2D eigenvalue weighted by molar-refractivity contribution is 0.554. The molecule has 0 aliphatic carbocycles. The predicted molar refractivity (Wildman–Crippen MR) is 67.9 cm³/mol. The zero-order valence-electron chi connectivity index (χ0n) is 10.2. The zero-order chi connectivity index (χ0) is 12.0. The minimum absolute atomic E-state index is 0.00749. The first-order valence-corrected chi connectivity index (χ1v) is 5.65. The average molecular weight is 226 g/mol. The van der Waals surface area contributed by atoms with Gasteiger partial charge >= 0.3 is 0 Å². The van der Waals surface area contributed by atoms with E-state index in [1.54, 1.807) is 12.4 Å². The van der Waals surface area contributed by atoms with Crippen molar-refractivity contribution in [1.82, 2.24) is 19.9 Å². The quantitative estimate of drug-likeness (QED) is 0.641. The molecular formula is C13H14N4. The van der Waals surface area contributed by atoms with Gasteiger partial charge in [-0.25, -0.2) is 4.98 Å². The van der Waals surface area contributed by atoms with Crippen LogP contribution in [-0.2, 0) is 5.41 Å². The Morgan fingerprint density at radius 2 is 1.71 bits per heavy atom. The molecule has 17 heavy (non-hydrogen) atoms. The van der Waals surface area contributed by atoms with Crippen LogP contribution in [0.3, 0.4) is 0 Å². The summed E-state index contributed by atoms with van der Waals surface area (Å²) in [6.45, 7) is 6.41. The van der Waals surface area contributed by atoms with Crippen LogP contribution < -0.4 is 0 Å². The predicted octanol–water partition coefficient (Wildman–Crippen LogP) is 2.80. The Morgan fingerprint density at radius 1 is 1.00 bits per heavy atom. The lowest BCUT2D eigenvalue weighted by atomic mass is 9.96. The molecule has 2 heterocycles. The molecular weight excluding hydrogens is 212 g/mol. The summed E-state index contributed by atoms with van der Waals surface area (Å²) < 4.78 is 0. The second-order valence-corrected chi connectivity index (χ2v) is 5.22. The van der Waals surface area contributed by atoms with Crippen LogP contribution in [0.25, 0.3) is 22.1 Å². The van der Waals surface area contributed by atoms with E-state index in [1.165, 1.54) is 0 Å². The smallest absolute Gasteiger partial charge is 0.114 e. The third-order valence-corrected chi connectivity index (χ3v) is 2.80. The first kappa shape index (κ1) is 10.2. The number of nitrogens with one attached hydrogen (secondary N) is 1. The van der Waals surface area contributed by atoms with Gasteiger partial charge in [0.05, 0.1) is 16.6 Å². The number of aromatic nitrogens is 4. The molecule has 1 aromatic carbocycles. The third-order valence-electron chi connectivity index (χ3n) is 2.80. The van der Waals surface area contributed by atoms with E-state index in [4.69, 9.17) is 0 Å². The number of nitrogens with zero attached hydrogens (tertiary/aromatic N) is 3. The summed E-state index contributed by atoms with van der Waals surface area (Å²) in [6.07, 6.45) is 3.41. The van der Waals surface area contributed by atoms with Crippen molar-refractivity contribution in [3.05, 3.63) is 30.4 Å². The number of aromatic amines is 1. The van der Waals surface area contributed by atoms with Gasteiger partial charge in [-0.15, -0.1) is 0 Å². The van der Waals surface area contributed by atoms with Crippen LogP contribution in [0.1, 0.15) is 26.6 Å². The summed E-state index contributed by atoms with van der Waals surface area (Å²) in [5, 5.41) is 0. The molecule has 4 nitrogen and oxygen atoms in total. The van der Waals surface area contributed by atoms with Crippen molar-refractivity contribution in [1.29, 1.82) is 0 Å². The Kier molecular flexibility index (Phi) is 1.96. The highest BCUT2D eigenvalue weighted by Gasteiger charge is 2.19. The number of H-pyrrole nitrogens is 1. The van der Waals surface area contributed by atoms with E-state index < -0.39 is 0 Å². The Bertz CT molecular complexity index is 691. The maximum Gasteiger partial charge on any atom is 0.114 e. The molecule has 0 aliphatic rings. The van der Waals surface area contributed by atoms with Gasteiger partial charge in [-0.3, -0.25) is 9.97 Å². The number of rotatable bonds is 0. The van der Waals surface area contributed by atoms with Crippen LogP contribution in [0.2, 0.25) is 0 Å². The molecule has 0 spiro atoms. The molecule has 0 radical (unpaired) electrons. The molecule has 0 amide bonds. The number of fused-ring (bicyclic) bond motifs is 3. The summed E-state index contributed by atoms with van der Waals surface area (Å²) >= 11 is 0. The molecule has 0 saturated carbocycles. The molecule has 0 unspecified atom stereocenters. The minimum Gasteiger partial charge on any atom is -0.340 e. The monoisotopic (exact) mass is 226 g/mol. The molecule has 4 heteroatoms. The Labute approximate surface area is 99.1 Å². The standard InChI is InChI=1S/C13H14N4/c1-13(2,3)12-16-9-5-4-8-10(11(9)17-12)15-7-6-14-8/h4-7H,1-3H3,(H,16,17). The topological polar surface area (TPSA) is 54.5 Å². The van der Waals surface area contributed by atoms with E-state index in [0.29, 0.717) is 0 Å². The summed E-state index contributed by atoms with van der Waals surface area (Å²) in [7, 11) is 0. The van der Waals surface area contributed by atoms with Crippen LogP contribution in [0.4, 0.5) is 0 Å². The molecule has 0 atom stereocenters. The minimum atomic E-state index is 0.00749. The van der Waals surface area contributed by atoms with Crippen molar-refractivity contribution in [2.45, 2.75) is 26.2 Å². The largest absolute Gasteiger partial charge is 0.340 e. The van der Waals surface area contributed by atoms with Crippen molar-refractivity contribution < 1.29 is 0 Å². The average Bonchev–Trinajstić information content (AvgIpc) is 2.72. The second-order valence-electron chi connectivity index (χ2n) is 5.22. The first-order valence-electron chi connectivity index (χ1n) is 5.65. The van der Waals surface area contributed by atoms with E-state index in [0.717, 1.165) is 27.9 Å². The second kappa shape index (κ2) is 3.26. The molecule has 0 saturated heterocycles. The van der Waals surface area contributed by atoms with E-state index in [1.807, 2.05) is 12.1 Å². The van der Waals surface area contributed by atoms with E-state index in [-0.39, 0.29) is 5.41 Å². The number of hydrogen-bond donors (Lipinski definition) is 1. The normalized spacial score (nSPS) is 12.4. The van der Waals surface area contributed by atoms with E-state index >= 15 is 0 Å². The van der Waals surface area contributed by atoms with Crippen molar-refractivity contribution >= 4 is 22.1 Å². The molecule has 86 valence electrons. The molecule has 2 aromatic heterocycles. The maximum absolute atomic E-state index is 4.61. The van der Waals surface area contributed by atoms with Gasteiger partial charge in [0.2, 0.25) is 0 Å². The highest BCUT2D eigenvalue weighted by Crippen LogP contribution is 2.25. The number of benzene rings is 1. The van der Waals surface area contributed by atoms with Gasteiger partial charge < -0.3 is 4.98 Å². The third kappa shape index (κ3) is 1.56. The molecule has 0 aliphatic heterocycles. The highest BCUT2D eigenvalue weighted by atomic mass is 15.0. The maximum atomic E-state index is 4.61. The fraction of sp³-hybridized carbons (Fsp3) is 0.308. The molecule has 3 rings (SSSR count). The fourth-order valence-electron chi connectivity index (χ4n) is 1.86. The first-order chi connectivity index (χ1) is 8.05. The number of hydrogen-bond acceptors (Lipinski definition) is 3. The van der Waals surface area contributed by atoms with Gasteiger partial charge in [-0.1, -0.05) is 20.8 Å². The molecule has 3 aromatic rings. The van der Waals surface area contributed by atoms with Gasteiger partial charge in [-0.05, 0) is 12.1 Å². The van der Waals surface area contributed by atoms with E-state index in [2.05, 4.69) is 40.7 Å². The molecule has 1 N–H and O–H groups in total. The number of imidazole rings is 1. The Balaban J connectivity index is 2.39. The Hall–Kier alpha value is -1.97. The SMILES string of the molecule is CC(C)(C)c1nc2ccc3nccnc3c2[nH]1. The summed E-state index contributed by atoms with van der Waals surface area (Å²) in [5.41, 5.74) is 3.70. The van der Waals surface area contributed by atoms with Crippen LogP contribution >= 0.6 is 0 Å². The van der Waals surface area contributed by atoms with Gasteiger partial charge in [0.15, 0.2) is 0 Å². The summed E-state index contributed by atoms with van der Waals surface area (Å²) in [6, 6.07) is 3.94. The lowest BCUT2D eigenvalue weighted by Gasteiger charge is -2.13. The van der Waals surface area contributed by atoms with Gasteiger partial charge in [0, 0.05) is 17.8 Å². The van der Waals surface area contributed by atoms with Crippen molar-refractivity contribution in [2.75, 3.05) is 0 Å². The molecule has 0 bridgehead atoms. The van der Waals surface area contributed by atoms with Crippen LogP contribution in [-0.4, -0.2) is 19.9 Å².